The minimum absolute atomic E-state index is 0. The first-order chi connectivity index (χ1) is 13.6. The number of hydrogen-bond acceptors (Lipinski definition) is 5. The number of rotatable bonds is 10. The zero-order chi connectivity index (χ0) is 19.8. The smallest absolute Gasteiger partial charge is 0.252 e. The van der Waals surface area contributed by atoms with E-state index in [9.17, 15) is 4.79 Å². The monoisotopic (exact) mass is 529 g/mol. The molecule has 0 aliphatic carbocycles. The van der Waals surface area contributed by atoms with E-state index in [1.165, 1.54) is 0 Å². The topological polar surface area (TPSA) is 115 Å². The van der Waals surface area contributed by atoms with Crippen LogP contribution in [0.2, 0.25) is 0 Å². The largest absolute Gasteiger partial charge is 0.369 e. The third kappa shape index (κ3) is 7.32. The molecule has 0 bridgehead atoms. The van der Waals surface area contributed by atoms with Gasteiger partial charge in [-0.15, -0.1) is 17.5 Å². The number of carbonyl (C=O) groups excluding carboxylic acids is 1. The first-order valence-corrected chi connectivity index (χ1v) is 10.4. The number of nitrogen functional groups attached to an aromatic ring is 1. The van der Waals surface area contributed by atoms with Crippen LogP contribution in [0.15, 0.2) is 36.7 Å². The second kappa shape index (κ2) is 11.8. The number of nitrogens with one attached hydrogen (secondary N) is 2. The molecule has 0 unspecified atom stereocenters. The molecule has 0 saturated carbocycles. The minimum atomic E-state index is -0.0657. The van der Waals surface area contributed by atoms with E-state index in [0.29, 0.717) is 24.6 Å². The van der Waals surface area contributed by atoms with Crippen molar-refractivity contribution in [2.24, 2.45) is 0 Å². The molecule has 29 heavy (non-hydrogen) atoms. The Hall–Kier alpha value is -2.14. The SMILES string of the molecule is Cl.Nc1nc(CCCCCc2cn(CCNC(=O)c3ccccc3I)nn2)c[nH]1. The Morgan fingerprint density at radius 3 is 2.66 bits per heavy atom. The Kier molecular flexibility index (Phi) is 9.39. The maximum Gasteiger partial charge on any atom is 0.252 e. The minimum Gasteiger partial charge on any atom is -0.369 e. The van der Waals surface area contributed by atoms with Crippen molar-refractivity contribution in [2.75, 3.05) is 12.3 Å². The zero-order valence-electron chi connectivity index (χ0n) is 16.0. The molecule has 8 nitrogen and oxygen atoms in total. The third-order valence-electron chi connectivity index (χ3n) is 4.35. The molecule has 156 valence electrons. The number of amides is 1. The van der Waals surface area contributed by atoms with Crippen molar-refractivity contribution < 1.29 is 4.79 Å². The summed E-state index contributed by atoms with van der Waals surface area (Å²) < 4.78 is 2.72. The van der Waals surface area contributed by atoms with E-state index in [1.54, 1.807) is 4.68 Å². The van der Waals surface area contributed by atoms with E-state index in [0.717, 1.165) is 47.1 Å². The van der Waals surface area contributed by atoms with E-state index < -0.39 is 0 Å². The molecule has 2 heterocycles. The summed E-state index contributed by atoms with van der Waals surface area (Å²) in [6.07, 6.45) is 8.87. The number of imidazole rings is 1. The van der Waals surface area contributed by atoms with Crippen molar-refractivity contribution in [2.45, 2.75) is 38.6 Å². The van der Waals surface area contributed by atoms with Crippen LogP contribution in [0.5, 0.6) is 0 Å². The van der Waals surface area contributed by atoms with Crippen LogP contribution in [0.25, 0.3) is 0 Å². The van der Waals surface area contributed by atoms with Gasteiger partial charge < -0.3 is 16.0 Å². The number of aryl methyl sites for hydroxylation is 2. The Balaban J connectivity index is 0.00000300. The van der Waals surface area contributed by atoms with Crippen molar-refractivity contribution in [3.63, 3.8) is 0 Å². The van der Waals surface area contributed by atoms with Gasteiger partial charge in [-0.2, -0.15) is 0 Å². The lowest BCUT2D eigenvalue weighted by Crippen LogP contribution is -2.28. The number of aromatic amines is 1. The van der Waals surface area contributed by atoms with Crippen molar-refractivity contribution >= 4 is 46.9 Å². The zero-order valence-corrected chi connectivity index (χ0v) is 18.9. The quantitative estimate of drug-likeness (QED) is 0.276. The number of carbonyl (C=O) groups is 1. The summed E-state index contributed by atoms with van der Waals surface area (Å²) in [5.41, 5.74) is 8.25. The van der Waals surface area contributed by atoms with Gasteiger partial charge in [0.05, 0.1) is 23.5 Å². The van der Waals surface area contributed by atoms with Gasteiger partial charge >= 0.3 is 0 Å². The highest BCUT2D eigenvalue weighted by molar-refractivity contribution is 14.1. The van der Waals surface area contributed by atoms with Gasteiger partial charge in [-0.3, -0.25) is 9.48 Å². The van der Waals surface area contributed by atoms with Gasteiger partial charge in [0.15, 0.2) is 5.95 Å². The fourth-order valence-electron chi connectivity index (χ4n) is 2.88. The average Bonchev–Trinajstić information content (AvgIpc) is 3.30. The van der Waals surface area contributed by atoms with Crippen LogP contribution in [0.3, 0.4) is 0 Å². The van der Waals surface area contributed by atoms with Crippen molar-refractivity contribution in [1.82, 2.24) is 30.3 Å². The maximum absolute atomic E-state index is 12.2. The first kappa shape index (κ1) is 23.1. The lowest BCUT2D eigenvalue weighted by atomic mass is 10.1. The molecular weight excluding hydrogens is 505 g/mol. The van der Waals surface area contributed by atoms with Crippen LogP contribution in [-0.4, -0.2) is 37.4 Å². The van der Waals surface area contributed by atoms with Gasteiger partial charge in [0.2, 0.25) is 0 Å². The molecule has 0 spiro atoms. The molecule has 0 radical (unpaired) electrons. The summed E-state index contributed by atoms with van der Waals surface area (Å²) in [4.78, 5) is 19.3. The fourth-order valence-corrected chi connectivity index (χ4v) is 3.51. The van der Waals surface area contributed by atoms with E-state index in [4.69, 9.17) is 5.73 Å². The van der Waals surface area contributed by atoms with E-state index in [-0.39, 0.29) is 18.3 Å². The van der Waals surface area contributed by atoms with E-state index >= 15 is 0 Å². The van der Waals surface area contributed by atoms with Gasteiger partial charge in [0.25, 0.3) is 5.91 Å². The summed E-state index contributed by atoms with van der Waals surface area (Å²) >= 11 is 2.17. The van der Waals surface area contributed by atoms with E-state index in [2.05, 4.69) is 48.2 Å². The molecule has 0 saturated heterocycles. The average molecular weight is 530 g/mol. The van der Waals surface area contributed by atoms with Crippen LogP contribution in [0.1, 0.15) is 41.0 Å². The molecule has 0 atom stereocenters. The number of anilines is 1. The van der Waals surface area contributed by atoms with Gasteiger partial charge in [0, 0.05) is 22.5 Å². The fraction of sp³-hybridized carbons (Fsp3) is 0.368. The summed E-state index contributed by atoms with van der Waals surface area (Å²) in [5, 5.41) is 11.3. The van der Waals surface area contributed by atoms with Crippen molar-refractivity contribution in [3.8, 4) is 0 Å². The van der Waals surface area contributed by atoms with Crippen LogP contribution in [0, 0.1) is 3.57 Å². The highest BCUT2D eigenvalue weighted by atomic mass is 127. The number of aromatic nitrogens is 5. The molecule has 10 heteroatoms. The molecule has 0 aliphatic rings. The lowest BCUT2D eigenvalue weighted by Gasteiger charge is -2.06. The number of halogens is 2. The second-order valence-corrected chi connectivity index (χ2v) is 7.71. The second-order valence-electron chi connectivity index (χ2n) is 6.55. The molecule has 0 aliphatic heterocycles. The molecule has 4 N–H and O–H groups in total. The molecule has 1 aromatic carbocycles. The number of H-pyrrole nitrogens is 1. The Morgan fingerprint density at radius 1 is 1.17 bits per heavy atom. The molecule has 3 aromatic rings. The standard InChI is InChI=1S/C19H24IN7O.ClH/c20-17-9-5-4-8-16(17)18(28)22-10-11-27-13-15(25-26-27)7-3-1-2-6-14-12-23-19(21)24-14;/h4-5,8-9,12-13H,1-3,6-7,10-11H2,(H,22,28)(H3,21,23,24);1H. The van der Waals surface area contributed by atoms with Crippen molar-refractivity contribution in [1.29, 1.82) is 0 Å². The highest BCUT2D eigenvalue weighted by Gasteiger charge is 2.08. The van der Waals surface area contributed by atoms with Gasteiger partial charge in [0.1, 0.15) is 0 Å². The maximum atomic E-state index is 12.2. The molecular formula is C19H25ClIN7O. The van der Waals surface area contributed by atoms with Crippen LogP contribution in [-0.2, 0) is 19.4 Å². The van der Waals surface area contributed by atoms with Crippen LogP contribution >= 0.6 is 35.0 Å². The van der Waals surface area contributed by atoms with Gasteiger partial charge in [-0.1, -0.05) is 23.8 Å². The number of hydrogen-bond donors (Lipinski definition) is 3. The predicted molar refractivity (Wildman–Crippen MR) is 123 cm³/mol. The van der Waals surface area contributed by atoms with Gasteiger partial charge in [-0.25, -0.2) is 4.98 Å². The van der Waals surface area contributed by atoms with Crippen molar-refractivity contribution in [3.05, 3.63) is 57.2 Å². The predicted octanol–water partition coefficient (Wildman–Crippen LogP) is 3.00. The first-order valence-electron chi connectivity index (χ1n) is 9.33. The highest BCUT2D eigenvalue weighted by Crippen LogP contribution is 2.11. The molecule has 2 aromatic heterocycles. The summed E-state index contributed by atoms with van der Waals surface area (Å²) in [5.74, 6) is 0.408. The third-order valence-corrected chi connectivity index (χ3v) is 5.29. The number of nitrogens with zero attached hydrogens (tertiary/aromatic N) is 4. The van der Waals surface area contributed by atoms with Crippen LogP contribution < -0.4 is 11.1 Å². The molecule has 0 fully saturated rings. The Morgan fingerprint density at radius 2 is 1.93 bits per heavy atom. The van der Waals surface area contributed by atoms with Crippen LogP contribution in [0.4, 0.5) is 5.95 Å². The Labute approximate surface area is 189 Å². The summed E-state index contributed by atoms with van der Waals surface area (Å²) in [6, 6.07) is 7.53. The number of nitrogens with two attached hydrogens (primary N) is 1. The normalized spacial score (nSPS) is 10.5. The molecule has 1 amide bonds. The molecule has 3 rings (SSSR count). The summed E-state index contributed by atoms with van der Waals surface area (Å²) in [6.45, 7) is 1.11. The lowest BCUT2D eigenvalue weighted by molar-refractivity contribution is 0.0951. The number of unbranched alkanes of at least 4 members (excludes halogenated alkanes) is 2. The summed E-state index contributed by atoms with van der Waals surface area (Å²) in [7, 11) is 0. The van der Waals surface area contributed by atoms with E-state index in [1.807, 2.05) is 36.7 Å². The van der Waals surface area contributed by atoms with Gasteiger partial charge in [-0.05, 0) is 60.4 Å². The number of benzene rings is 1. The Bertz CT molecular complexity index is 911.